The SMILES string of the molecule is CCCCc1ccc([O][Sn]([CH2]CCC)([CH2]CCC)[O]c2ccc(CCCC)c(C)c2C)c(C)c1C. The first-order chi connectivity index (χ1) is 16.8. The molecule has 0 saturated carbocycles. The molecule has 35 heavy (non-hydrogen) atoms. The fourth-order valence-electron chi connectivity index (χ4n) is 4.84. The Labute approximate surface area is 222 Å². The summed E-state index contributed by atoms with van der Waals surface area (Å²) in [5.41, 5.74) is 8.34. The normalized spacial score (nSPS) is 11.7. The van der Waals surface area contributed by atoms with Gasteiger partial charge in [0.2, 0.25) is 0 Å². The van der Waals surface area contributed by atoms with Gasteiger partial charge in [-0.1, -0.05) is 0 Å². The average molecular weight is 587 g/mol. The van der Waals surface area contributed by atoms with Crippen molar-refractivity contribution in [2.45, 2.75) is 128 Å². The van der Waals surface area contributed by atoms with E-state index in [1.165, 1.54) is 84.7 Å². The van der Waals surface area contributed by atoms with E-state index < -0.39 is 19.2 Å². The van der Waals surface area contributed by atoms with E-state index in [-0.39, 0.29) is 0 Å². The zero-order valence-corrected chi connectivity index (χ0v) is 27.0. The van der Waals surface area contributed by atoms with E-state index in [0.29, 0.717) is 0 Å². The van der Waals surface area contributed by atoms with E-state index in [2.05, 4.69) is 79.7 Å². The summed E-state index contributed by atoms with van der Waals surface area (Å²) in [6.45, 7) is 18.1. The van der Waals surface area contributed by atoms with Gasteiger partial charge in [0.05, 0.1) is 0 Å². The van der Waals surface area contributed by atoms with E-state index >= 15 is 0 Å². The molecule has 0 atom stereocenters. The van der Waals surface area contributed by atoms with Crippen molar-refractivity contribution in [2.24, 2.45) is 0 Å². The standard InChI is InChI=1S/2C12H18O.2C4H9.Sn/c2*1-4-5-6-11-7-8-12(13)10(3)9(11)2;2*1-3-4-2;/h2*7-8,13H,4-6H2,1-3H3;2*1,3-4H2,2H3;/q;;;;+2/p-2. The Kier molecular flexibility index (Phi) is 13.0. The van der Waals surface area contributed by atoms with Gasteiger partial charge < -0.3 is 0 Å². The zero-order valence-electron chi connectivity index (χ0n) is 24.1. The molecule has 0 N–H and O–H groups in total. The molecule has 0 unspecified atom stereocenters. The van der Waals surface area contributed by atoms with E-state index in [4.69, 9.17) is 6.15 Å². The summed E-state index contributed by atoms with van der Waals surface area (Å²) < 4.78 is 16.5. The third-order valence-electron chi connectivity index (χ3n) is 7.71. The predicted molar refractivity (Wildman–Crippen MR) is 155 cm³/mol. The molecule has 196 valence electrons. The van der Waals surface area contributed by atoms with Gasteiger partial charge in [0.15, 0.2) is 0 Å². The number of unbranched alkanes of at least 4 members (excludes halogenated alkanes) is 4. The van der Waals surface area contributed by atoms with Crippen LogP contribution in [0.1, 0.15) is 112 Å². The summed E-state index contributed by atoms with van der Waals surface area (Å²) >= 11 is -3.47. The number of benzene rings is 2. The van der Waals surface area contributed by atoms with Crippen LogP contribution in [0, 0.1) is 27.7 Å². The van der Waals surface area contributed by atoms with Crippen molar-refractivity contribution in [3.8, 4) is 11.5 Å². The second kappa shape index (κ2) is 15.2. The summed E-state index contributed by atoms with van der Waals surface area (Å²) in [4.78, 5) is 0. The molecule has 0 spiro atoms. The van der Waals surface area contributed by atoms with Crippen molar-refractivity contribution >= 4 is 19.2 Å². The molecular formula is C32H52O2Sn. The van der Waals surface area contributed by atoms with Gasteiger partial charge in [-0.05, 0) is 0 Å². The number of hydrogen-bond donors (Lipinski definition) is 0. The van der Waals surface area contributed by atoms with Crippen LogP contribution in [0.3, 0.4) is 0 Å². The van der Waals surface area contributed by atoms with E-state index in [9.17, 15) is 0 Å². The average Bonchev–Trinajstić information content (AvgIpc) is 2.86. The Morgan fingerprint density at radius 2 is 0.886 bits per heavy atom. The number of hydrogen-bond acceptors (Lipinski definition) is 2. The molecule has 0 aliphatic heterocycles. The quantitative estimate of drug-likeness (QED) is 0.182. The first-order valence-electron chi connectivity index (χ1n) is 14.4. The van der Waals surface area contributed by atoms with Gasteiger partial charge in [-0.2, -0.15) is 0 Å². The van der Waals surface area contributed by atoms with E-state index in [1.54, 1.807) is 0 Å². The van der Waals surface area contributed by atoms with Crippen LogP contribution in [-0.4, -0.2) is 19.2 Å². The van der Waals surface area contributed by atoms with Crippen LogP contribution in [0.15, 0.2) is 24.3 Å². The van der Waals surface area contributed by atoms with Crippen LogP contribution in [-0.2, 0) is 12.8 Å². The summed E-state index contributed by atoms with van der Waals surface area (Å²) in [7, 11) is 0. The molecule has 0 radical (unpaired) electrons. The van der Waals surface area contributed by atoms with Crippen molar-refractivity contribution in [3.05, 3.63) is 57.6 Å². The van der Waals surface area contributed by atoms with Crippen LogP contribution in [0.5, 0.6) is 11.5 Å². The van der Waals surface area contributed by atoms with Crippen molar-refractivity contribution in [1.82, 2.24) is 0 Å². The maximum absolute atomic E-state index is 7.16. The predicted octanol–water partition coefficient (Wildman–Crippen LogP) is 10.1. The van der Waals surface area contributed by atoms with Gasteiger partial charge in [0.1, 0.15) is 0 Å². The molecule has 2 aromatic rings. The fourth-order valence-corrected chi connectivity index (χ4v) is 15.5. The first-order valence-corrected chi connectivity index (χ1v) is 20.7. The van der Waals surface area contributed by atoms with Crippen LogP contribution >= 0.6 is 0 Å². The van der Waals surface area contributed by atoms with Gasteiger partial charge in [-0.25, -0.2) is 0 Å². The Morgan fingerprint density at radius 1 is 0.514 bits per heavy atom. The summed E-state index contributed by atoms with van der Waals surface area (Å²) in [5, 5.41) is 0. The van der Waals surface area contributed by atoms with Crippen LogP contribution in [0.2, 0.25) is 8.87 Å². The Bertz CT molecular complexity index is 843. The molecule has 0 bridgehead atoms. The molecule has 0 saturated heterocycles. The molecule has 3 heteroatoms. The van der Waals surface area contributed by atoms with Gasteiger partial charge in [0, 0.05) is 0 Å². The first kappa shape index (κ1) is 30.1. The Hall–Kier alpha value is -1.16. The molecule has 2 rings (SSSR count). The van der Waals surface area contributed by atoms with Crippen LogP contribution < -0.4 is 6.15 Å². The molecule has 0 aliphatic rings. The van der Waals surface area contributed by atoms with Crippen LogP contribution in [0.4, 0.5) is 0 Å². The summed E-state index contributed by atoms with van der Waals surface area (Å²) in [6, 6.07) is 9.10. The second-order valence-corrected chi connectivity index (χ2v) is 19.7. The Morgan fingerprint density at radius 3 is 1.23 bits per heavy atom. The number of aryl methyl sites for hydroxylation is 2. The second-order valence-electron chi connectivity index (χ2n) is 10.5. The Balaban J connectivity index is 2.45. The van der Waals surface area contributed by atoms with Crippen molar-refractivity contribution in [2.75, 3.05) is 0 Å². The van der Waals surface area contributed by atoms with Gasteiger partial charge in [0.25, 0.3) is 0 Å². The molecule has 0 aromatic heterocycles. The number of rotatable bonds is 16. The van der Waals surface area contributed by atoms with Gasteiger partial charge in [-0.15, -0.1) is 0 Å². The van der Waals surface area contributed by atoms with Crippen LogP contribution in [0.25, 0.3) is 0 Å². The third-order valence-corrected chi connectivity index (χ3v) is 17.5. The minimum absolute atomic E-state index is 1.07. The molecule has 2 aromatic carbocycles. The molecule has 0 amide bonds. The summed E-state index contributed by atoms with van der Waals surface area (Å²) in [6.07, 6.45) is 12.0. The van der Waals surface area contributed by atoms with Crippen molar-refractivity contribution in [1.29, 1.82) is 0 Å². The monoisotopic (exact) mass is 588 g/mol. The fraction of sp³-hybridized carbons (Fsp3) is 0.625. The van der Waals surface area contributed by atoms with Gasteiger partial charge >= 0.3 is 223 Å². The molecule has 2 nitrogen and oxygen atoms in total. The molecule has 0 heterocycles. The summed E-state index contributed by atoms with van der Waals surface area (Å²) in [5.74, 6) is 2.14. The van der Waals surface area contributed by atoms with Crippen molar-refractivity contribution in [3.63, 3.8) is 0 Å². The van der Waals surface area contributed by atoms with E-state index in [1.807, 2.05) is 0 Å². The molecule has 0 fully saturated rings. The molecular weight excluding hydrogens is 535 g/mol. The van der Waals surface area contributed by atoms with Gasteiger partial charge in [-0.3, -0.25) is 0 Å². The zero-order chi connectivity index (χ0) is 25.8. The third kappa shape index (κ3) is 8.44. The van der Waals surface area contributed by atoms with E-state index in [0.717, 1.165) is 33.2 Å². The molecule has 0 aliphatic carbocycles. The van der Waals surface area contributed by atoms with Crippen molar-refractivity contribution < 1.29 is 6.15 Å². The minimum atomic E-state index is -3.47. The maximum atomic E-state index is 7.16. The topological polar surface area (TPSA) is 18.5 Å².